The van der Waals surface area contributed by atoms with Gasteiger partial charge >= 0.3 is 0 Å². The highest BCUT2D eigenvalue weighted by atomic mass is 32.2. The average molecular weight is 461 g/mol. The van der Waals surface area contributed by atoms with Gasteiger partial charge in [0.2, 0.25) is 15.9 Å². The Kier molecular flexibility index (Phi) is 5.18. The van der Waals surface area contributed by atoms with E-state index in [2.05, 4.69) is 31.3 Å². The van der Waals surface area contributed by atoms with Crippen LogP contribution in [0.5, 0.6) is 0 Å². The van der Waals surface area contributed by atoms with E-state index in [4.69, 9.17) is 0 Å². The number of carbonyl (C=O) groups is 1. The van der Waals surface area contributed by atoms with Crippen molar-refractivity contribution in [3.63, 3.8) is 0 Å². The zero-order valence-electron chi connectivity index (χ0n) is 19.1. The van der Waals surface area contributed by atoms with E-state index in [1.165, 1.54) is 5.56 Å². The van der Waals surface area contributed by atoms with Gasteiger partial charge in [0.25, 0.3) is 0 Å². The average Bonchev–Trinajstić information content (AvgIpc) is 3.31. The Balaban J connectivity index is 1.65. The summed E-state index contributed by atoms with van der Waals surface area (Å²) in [7, 11) is -3.78. The molecule has 0 radical (unpaired) electrons. The quantitative estimate of drug-likeness (QED) is 0.623. The SMILES string of the molecule is Cc1ccc(S(=O)(=O)N2CC[C@]3(C(=O)Nc4ccccc43)[C@@H]2Cc2ccc(C)c(C)c2)cc1. The van der Waals surface area contributed by atoms with E-state index in [0.717, 1.165) is 27.9 Å². The fourth-order valence-corrected chi connectivity index (χ4v) is 7.01. The number of benzene rings is 3. The first kappa shape index (κ1) is 21.9. The lowest BCUT2D eigenvalue weighted by molar-refractivity contribution is -0.121. The molecule has 1 saturated heterocycles. The third-order valence-electron chi connectivity index (χ3n) is 7.33. The number of carbonyl (C=O) groups excluding carboxylic acids is 1. The van der Waals surface area contributed by atoms with Crippen LogP contribution in [-0.2, 0) is 26.7 Å². The predicted octanol–water partition coefficient (Wildman–Crippen LogP) is 4.51. The van der Waals surface area contributed by atoms with Gasteiger partial charge < -0.3 is 5.32 Å². The molecule has 0 saturated carbocycles. The molecule has 0 aromatic heterocycles. The maximum atomic E-state index is 13.8. The number of anilines is 1. The molecule has 2 aliphatic heterocycles. The predicted molar refractivity (Wildman–Crippen MR) is 130 cm³/mol. The number of nitrogens with zero attached hydrogens (tertiary/aromatic N) is 1. The third kappa shape index (κ3) is 3.40. The lowest BCUT2D eigenvalue weighted by Crippen LogP contribution is -2.50. The minimum absolute atomic E-state index is 0.112. The van der Waals surface area contributed by atoms with Crippen LogP contribution in [0.25, 0.3) is 0 Å². The van der Waals surface area contributed by atoms with Gasteiger partial charge in [0.1, 0.15) is 0 Å². The summed E-state index contributed by atoms with van der Waals surface area (Å²) in [5, 5.41) is 3.03. The molecular weight excluding hydrogens is 432 g/mol. The molecule has 1 spiro atoms. The van der Waals surface area contributed by atoms with Gasteiger partial charge in [0, 0.05) is 18.3 Å². The van der Waals surface area contributed by atoms with Gasteiger partial charge in [-0.05, 0) is 74.1 Å². The van der Waals surface area contributed by atoms with Crippen molar-refractivity contribution in [2.75, 3.05) is 11.9 Å². The van der Waals surface area contributed by atoms with Crippen molar-refractivity contribution in [3.05, 3.63) is 94.5 Å². The summed E-state index contributed by atoms with van der Waals surface area (Å²) in [6.45, 7) is 6.35. The zero-order chi connectivity index (χ0) is 23.4. The van der Waals surface area contributed by atoms with Crippen LogP contribution in [-0.4, -0.2) is 31.2 Å². The lowest BCUT2D eigenvalue weighted by atomic mass is 9.73. The van der Waals surface area contributed by atoms with Gasteiger partial charge in [-0.2, -0.15) is 4.31 Å². The van der Waals surface area contributed by atoms with E-state index in [-0.39, 0.29) is 10.8 Å². The molecule has 5 rings (SSSR count). The molecule has 2 atom stereocenters. The number of hydrogen-bond acceptors (Lipinski definition) is 3. The van der Waals surface area contributed by atoms with Gasteiger partial charge in [-0.15, -0.1) is 0 Å². The summed E-state index contributed by atoms with van der Waals surface area (Å²) in [5.41, 5.74) is 5.14. The van der Waals surface area contributed by atoms with Crippen LogP contribution in [0.4, 0.5) is 5.69 Å². The minimum Gasteiger partial charge on any atom is -0.325 e. The highest BCUT2D eigenvalue weighted by Gasteiger charge is 2.60. The normalized spacial score (nSPS) is 22.5. The number of nitrogens with one attached hydrogen (secondary N) is 1. The summed E-state index contributed by atoms with van der Waals surface area (Å²) in [4.78, 5) is 13.8. The molecule has 3 aromatic rings. The number of hydrogen-bond donors (Lipinski definition) is 1. The number of para-hydroxylation sites is 1. The molecule has 0 unspecified atom stereocenters. The van der Waals surface area contributed by atoms with Gasteiger partial charge in [-0.1, -0.05) is 54.1 Å². The lowest BCUT2D eigenvalue weighted by Gasteiger charge is -2.34. The number of amides is 1. The molecule has 0 aliphatic carbocycles. The van der Waals surface area contributed by atoms with Crippen LogP contribution >= 0.6 is 0 Å². The number of aryl methyl sites for hydroxylation is 3. The van der Waals surface area contributed by atoms with E-state index in [1.807, 2.05) is 49.4 Å². The molecular formula is C27H28N2O3S. The van der Waals surface area contributed by atoms with Crippen LogP contribution in [0.15, 0.2) is 71.6 Å². The van der Waals surface area contributed by atoms with E-state index in [9.17, 15) is 13.2 Å². The number of rotatable bonds is 4. The van der Waals surface area contributed by atoms with Gasteiger partial charge in [0.05, 0.1) is 10.3 Å². The Labute approximate surface area is 195 Å². The summed E-state index contributed by atoms with van der Waals surface area (Å²) in [5.74, 6) is -0.112. The van der Waals surface area contributed by atoms with E-state index in [0.29, 0.717) is 19.4 Å². The van der Waals surface area contributed by atoms with Crippen molar-refractivity contribution in [2.24, 2.45) is 0 Å². The Morgan fingerprint density at radius 1 is 0.970 bits per heavy atom. The second-order valence-electron chi connectivity index (χ2n) is 9.29. The molecule has 0 bridgehead atoms. The van der Waals surface area contributed by atoms with Crippen molar-refractivity contribution in [3.8, 4) is 0 Å². The standard InChI is InChI=1S/C27H28N2O3S/c1-18-8-12-22(13-9-18)33(31,32)29-15-14-27(23-6-4-5-7-24(23)28-26(27)30)25(29)17-21-11-10-19(2)20(3)16-21/h4-13,16,25H,14-15,17H2,1-3H3,(H,28,30)/t25-,27+/m0/s1. The molecule has 1 fully saturated rings. The molecule has 170 valence electrons. The van der Waals surface area contributed by atoms with Crippen LogP contribution in [0.3, 0.4) is 0 Å². The molecule has 33 heavy (non-hydrogen) atoms. The second-order valence-corrected chi connectivity index (χ2v) is 11.2. The van der Waals surface area contributed by atoms with Gasteiger partial charge in [-0.25, -0.2) is 8.42 Å². The Hall–Kier alpha value is -2.96. The maximum absolute atomic E-state index is 13.8. The highest BCUT2D eigenvalue weighted by molar-refractivity contribution is 7.89. The Morgan fingerprint density at radius 3 is 2.42 bits per heavy atom. The fourth-order valence-electron chi connectivity index (χ4n) is 5.33. The minimum atomic E-state index is -3.78. The van der Waals surface area contributed by atoms with Crippen molar-refractivity contribution < 1.29 is 13.2 Å². The molecule has 2 aliphatic rings. The first-order valence-corrected chi connectivity index (χ1v) is 12.7. The van der Waals surface area contributed by atoms with Crippen molar-refractivity contribution in [2.45, 2.75) is 50.0 Å². The highest BCUT2D eigenvalue weighted by Crippen LogP contribution is 2.50. The molecule has 1 N–H and O–H groups in total. The van der Waals surface area contributed by atoms with Crippen LogP contribution in [0.2, 0.25) is 0 Å². The second kappa shape index (κ2) is 7.82. The van der Waals surface area contributed by atoms with Crippen LogP contribution < -0.4 is 5.32 Å². The largest absolute Gasteiger partial charge is 0.325 e. The maximum Gasteiger partial charge on any atom is 0.243 e. The zero-order valence-corrected chi connectivity index (χ0v) is 19.9. The van der Waals surface area contributed by atoms with Crippen LogP contribution in [0, 0.1) is 20.8 Å². The smallest absolute Gasteiger partial charge is 0.243 e. The van der Waals surface area contributed by atoms with Gasteiger partial charge in [0.15, 0.2) is 0 Å². The summed E-state index contributed by atoms with van der Waals surface area (Å²) in [6, 6.07) is 20.3. The van der Waals surface area contributed by atoms with E-state index in [1.54, 1.807) is 16.4 Å². The van der Waals surface area contributed by atoms with E-state index < -0.39 is 21.5 Å². The van der Waals surface area contributed by atoms with Crippen molar-refractivity contribution >= 4 is 21.6 Å². The Morgan fingerprint density at radius 2 is 1.70 bits per heavy atom. The summed E-state index contributed by atoms with van der Waals surface area (Å²) >= 11 is 0. The molecule has 5 nitrogen and oxygen atoms in total. The summed E-state index contributed by atoms with van der Waals surface area (Å²) in [6.07, 6.45) is 0.921. The van der Waals surface area contributed by atoms with Crippen molar-refractivity contribution in [1.82, 2.24) is 4.31 Å². The van der Waals surface area contributed by atoms with Crippen LogP contribution in [0.1, 0.15) is 34.2 Å². The number of fused-ring (bicyclic) bond motifs is 2. The monoisotopic (exact) mass is 460 g/mol. The first-order chi connectivity index (χ1) is 15.7. The third-order valence-corrected chi connectivity index (χ3v) is 9.25. The molecule has 2 heterocycles. The molecule has 6 heteroatoms. The van der Waals surface area contributed by atoms with E-state index >= 15 is 0 Å². The fraction of sp³-hybridized carbons (Fsp3) is 0.296. The van der Waals surface area contributed by atoms with Gasteiger partial charge in [-0.3, -0.25) is 4.79 Å². The topological polar surface area (TPSA) is 66.5 Å². The molecule has 3 aromatic carbocycles. The van der Waals surface area contributed by atoms with Crippen molar-refractivity contribution in [1.29, 1.82) is 0 Å². The Bertz CT molecular complexity index is 1350. The molecule has 1 amide bonds. The summed E-state index contributed by atoms with van der Waals surface area (Å²) < 4.78 is 29.2. The first-order valence-electron chi connectivity index (χ1n) is 11.3. The number of sulfonamides is 1.